The van der Waals surface area contributed by atoms with Crippen LogP contribution < -0.4 is 38.9 Å². The van der Waals surface area contributed by atoms with Crippen LogP contribution in [0.3, 0.4) is 0 Å². The number of allylic oxidation sites excluding steroid dienone is 4. The van der Waals surface area contributed by atoms with E-state index in [0.29, 0.717) is 90.9 Å². The first-order valence-corrected chi connectivity index (χ1v) is 20.2. The molecule has 0 radical (unpaired) electrons. The van der Waals surface area contributed by atoms with Gasteiger partial charge in [-0.2, -0.15) is 0 Å². The number of unbranched alkanes of at least 4 members (excludes halogenated alkanes) is 3. The maximum absolute atomic E-state index is 13.0. The van der Waals surface area contributed by atoms with Gasteiger partial charge in [-0.15, -0.1) is 0 Å². The number of hydrogen-bond acceptors (Lipinski definition) is 9. The zero-order chi connectivity index (χ0) is 38.7. The molecule has 0 aromatic rings. The fourth-order valence-corrected chi connectivity index (χ4v) is 5.60. The van der Waals surface area contributed by atoms with E-state index in [-0.39, 0.29) is 23.6 Å². The third-order valence-electron chi connectivity index (χ3n) is 8.79. The van der Waals surface area contributed by atoms with Crippen LogP contribution in [-0.2, 0) is 19.2 Å². The van der Waals surface area contributed by atoms with E-state index in [0.717, 1.165) is 83.7 Å². The van der Waals surface area contributed by atoms with Crippen molar-refractivity contribution in [1.82, 2.24) is 25.8 Å². The molecule has 0 aliphatic heterocycles. The lowest BCUT2D eigenvalue weighted by molar-refractivity contribution is -0.132. The van der Waals surface area contributed by atoms with Crippen molar-refractivity contribution in [2.75, 3.05) is 65.4 Å². The molecule has 52 heavy (non-hydrogen) atoms. The highest BCUT2D eigenvalue weighted by molar-refractivity contribution is 5.81. The van der Waals surface area contributed by atoms with E-state index in [4.69, 9.17) is 22.9 Å². The Morgan fingerprint density at radius 3 is 1.37 bits per heavy atom. The molecule has 0 unspecified atom stereocenters. The van der Waals surface area contributed by atoms with Gasteiger partial charge in [-0.1, -0.05) is 51.0 Å². The Morgan fingerprint density at radius 2 is 0.942 bits per heavy atom. The maximum Gasteiger partial charge on any atom is 0.236 e. The molecule has 0 bridgehead atoms. The number of amides is 4. The van der Waals surface area contributed by atoms with Crippen molar-refractivity contribution in [1.29, 1.82) is 0 Å². The minimum atomic E-state index is -0.529. The Hall–Kier alpha value is -2.84. The molecule has 0 heterocycles. The molecule has 0 saturated heterocycles. The van der Waals surface area contributed by atoms with Gasteiger partial charge in [0.15, 0.2) is 0 Å². The van der Waals surface area contributed by atoms with Gasteiger partial charge in [0, 0.05) is 52.1 Å². The van der Waals surface area contributed by atoms with Crippen LogP contribution in [0, 0.1) is 0 Å². The number of nitrogens with one attached hydrogen (secondary N) is 3. The Kier molecular flexibility index (Phi) is 33.3. The van der Waals surface area contributed by atoms with Gasteiger partial charge in [0.05, 0.1) is 12.1 Å². The number of nitrogens with two attached hydrogens (primary N) is 4. The van der Waals surface area contributed by atoms with Gasteiger partial charge in [-0.25, -0.2) is 0 Å². The minimum Gasteiger partial charge on any atom is -0.355 e. The summed E-state index contributed by atoms with van der Waals surface area (Å²) in [5.41, 5.74) is 23.0. The van der Waals surface area contributed by atoms with Crippen molar-refractivity contribution in [3.05, 3.63) is 24.3 Å². The smallest absolute Gasteiger partial charge is 0.236 e. The average Bonchev–Trinajstić information content (AvgIpc) is 3.14. The van der Waals surface area contributed by atoms with E-state index >= 15 is 0 Å². The van der Waals surface area contributed by atoms with Crippen molar-refractivity contribution in [3.8, 4) is 0 Å². The number of carbonyl (C=O) groups is 4. The summed E-state index contributed by atoms with van der Waals surface area (Å²) >= 11 is 0. The first-order valence-electron chi connectivity index (χ1n) is 20.2. The summed E-state index contributed by atoms with van der Waals surface area (Å²) in [4.78, 5) is 54.5. The van der Waals surface area contributed by atoms with E-state index in [9.17, 15) is 19.2 Å². The molecule has 0 saturated carbocycles. The highest BCUT2D eigenvalue weighted by atomic mass is 16.2. The summed E-state index contributed by atoms with van der Waals surface area (Å²) in [6.45, 7) is 10.4. The lowest BCUT2D eigenvalue weighted by atomic mass is 10.1. The Balaban J connectivity index is 4.68. The zero-order valence-corrected chi connectivity index (χ0v) is 32.9. The largest absolute Gasteiger partial charge is 0.355 e. The number of hydrogen-bond donors (Lipinski definition) is 7. The van der Waals surface area contributed by atoms with E-state index in [1.807, 2.05) is 9.80 Å². The quantitative estimate of drug-likeness (QED) is 0.0376. The summed E-state index contributed by atoms with van der Waals surface area (Å²) < 4.78 is 0. The fraction of sp³-hybridized carbons (Fsp3) is 0.795. The van der Waals surface area contributed by atoms with Gasteiger partial charge in [-0.05, 0) is 110 Å². The third-order valence-corrected chi connectivity index (χ3v) is 8.79. The van der Waals surface area contributed by atoms with Crippen LogP contribution in [0.15, 0.2) is 24.3 Å². The van der Waals surface area contributed by atoms with Crippen molar-refractivity contribution < 1.29 is 19.2 Å². The Bertz CT molecular complexity index is 903. The lowest BCUT2D eigenvalue weighted by Crippen LogP contribution is -2.42. The topological polar surface area (TPSA) is 215 Å². The lowest BCUT2D eigenvalue weighted by Gasteiger charge is -2.24. The van der Waals surface area contributed by atoms with Gasteiger partial charge in [0.25, 0.3) is 0 Å². The van der Waals surface area contributed by atoms with Crippen LogP contribution in [0.2, 0.25) is 0 Å². The van der Waals surface area contributed by atoms with E-state index in [1.165, 1.54) is 0 Å². The van der Waals surface area contributed by atoms with Gasteiger partial charge < -0.3 is 48.7 Å². The molecule has 0 aliphatic carbocycles. The molecule has 0 rings (SSSR count). The van der Waals surface area contributed by atoms with Crippen molar-refractivity contribution >= 4 is 23.6 Å². The van der Waals surface area contributed by atoms with Crippen molar-refractivity contribution in [2.45, 2.75) is 135 Å². The van der Waals surface area contributed by atoms with E-state index < -0.39 is 12.1 Å². The molecular weight excluding hydrogens is 658 g/mol. The Morgan fingerprint density at radius 1 is 0.538 bits per heavy atom. The standard InChI is InChI=1S/C39H77N9O4/c1-3-5-7-9-22-36(49)47(32-18-28-45-38(51)34(42)20-11-13-24-40)30-16-15-26-44-27-17-31-48(37(50)23-10-8-6-4-2)33-19-29-46-39(52)35(43)21-12-14-25-41/h5-8,34-35,44H,3-4,9-33,40-43H2,1-2H3,(H,45,51)(H,46,52)/b7-5-,8-6-/t34-,35-/m0/s1. The highest BCUT2D eigenvalue weighted by Gasteiger charge is 2.16. The number of carbonyl (C=O) groups excluding carboxylic acids is 4. The SMILES string of the molecule is CC/C=C\CCC(=O)N(CCCCNCCCN(CCCNC(=O)[C@@H](N)CCCCN)C(=O)CC/C=C\CC)CCCNC(=O)[C@@H](N)CCCCN. The molecule has 11 N–H and O–H groups in total. The normalized spacial score (nSPS) is 12.7. The molecule has 2 atom stereocenters. The predicted octanol–water partition coefficient (Wildman–Crippen LogP) is 2.82. The van der Waals surface area contributed by atoms with Crippen LogP contribution in [0.1, 0.15) is 123 Å². The maximum atomic E-state index is 13.0. The fourth-order valence-electron chi connectivity index (χ4n) is 5.60. The number of rotatable bonds is 35. The average molecular weight is 736 g/mol. The van der Waals surface area contributed by atoms with Crippen molar-refractivity contribution in [3.63, 3.8) is 0 Å². The van der Waals surface area contributed by atoms with Crippen LogP contribution in [0.5, 0.6) is 0 Å². The van der Waals surface area contributed by atoms with Gasteiger partial charge in [0.2, 0.25) is 23.6 Å². The van der Waals surface area contributed by atoms with Crippen LogP contribution in [0.4, 0.5) is 0 Å². The highest BCUT2D eigenvalue weighted by Crippen LogP contribution is 2.06. The van der Waals surface area contributed by atoms with Gasteiger partial charge in [0.1, 0.15) is 0 Å². The van der Waals surface area contributed by atoms with Gasteiger partial charge in [-0.3, -0.25) is 19.2 Å². The monoisotopic (exact) mass is 736 g/mol. The molecule has 13 nitrogen and oxygen atoms in total. The first kappa shape index (κ1) is 49.2. The second-order valence-electron chi connectivity index (χ2n) is 13.5. The summed E-state index contributed by atoms with van der Waals surface area (Å²) in [5.74, 6) is -0.0375. The summed E-state index contributed by atoms with van der Waals surface area (Å²) in [6, 6.07) is -1.06. The first-order chi connectivity index (χ1) is 25.2. The molecule has 0 spiro atoms. The van der Waals surface area contributed by atoms with Crippen LogP contribution in [0.25, 0.3) is 0 Å². The van der Waals surface area contributed by atoms with Gasteiger partial charge >= 0.3 is 0 Å². The summed E-state index contributed by atoms with van der Waals surface area (Å²) in [6.07, 6.45) is 21.2. The number of nitrogens with zero attached hydrogens (tertiary/aromatic N) is 2. The van der Waals surface area contributed by atoms with Crippen LogP contribution >= 0.6 is 0 Å². The minimum absolute atomic E-state index is 0.130. The van der Waals surface area contributed by atoms with Crippen molar-refractivity contribution in [2.24, 2.45) is 22.9 Å². The second kappa shape index (κ2) is 35.2. The van der Waals surface area contributed by atoms with E-state index in [2.05, 4.69) is 54.1 Å². The summed E-state index contributed by atoms with van der Waals surface area (Å²) in [7, 11) is 0. The summed E-state index contributed by atoms with van der Waals surface area (Å²) in [5, 5.41) is 9.32. The molecule has 302 valence electrons. The molecule has 0 fully saturated rings. The second-order valence-corrected chi connectivity index (χ2v) is 13.5. The molecule has 13 heteroatoms. The molecule has 0 aromatic carbocycles. The third kappa shape index (κ3) is 27.8. The molecule has 0 aromatic heterocycles. The van der Waals surface area contributed by atoms with E-state index in [1.54, 1.807) is 0 Å². The molecule has 0 aliphatic rings. The predicted molar refractivity (Wildman–Crippen MR) is 214 cm³/mol. The Labute approximate surface area is 315 Å². The van der Waals surface area contributed by atoms with Crippen LogP contribution in [-0.4, -0.2) is 111 Å². The molecule has 4 amide bonds. The zero-order valence-electron chi connectivity index (χ0n) is 32.9. The molecular formula is C39H77N9O4.